The Balaban J connectivity index is 1.71. The molecular formula is C30H47N3O7. The van der Waals surface area contributed by atoms with Crippen LogP contribution in [0, 0.1) is 17.8 Å². The smallest absolute Gasteiger partial charge is 0.312 e. The van der Waals surface area contributed by atoms with Gasteiger partial charge >= 0.3 is 5.97 Å². The molecule has 4 aliphatic heterocycles. The highest BCUT2D eigenvalue weighted by Crippen LogP contribution is 2.64. The first-order valence-electron chi connectivity index (χ1n) is 14.8. The lowest BCUT2D eigenvalue weighted by atomic mass is 9.66. The van der Waals surface area contributed by atoms with Gasteiger partial charge in [-0.3, -0.25) is 19.3 Å². The van der Waals surface area contributed by atoms with Crippen molar-refractivity contribution in [3.8, 4) is 0 Å². The molecule has 0 aromatic heterocycles. The van der Waals surface area contributed by atoms with E-state index in [1.807, 2.05) is 20.8 Å². The summed E-state index contributed by atoms with van der Waals surface area (Å²) in [5.41, 5.74) is -2.07. The largest absolute Gasteiger partial charge is 0.465 e. The third-order valence-electron chi connectivity index (χ3n) is 9.56. The fourth-order valence-corrected chi connectivity index (χ4v) is 7.21. The van der Waals surface area contributed by atoms with Crippen LogP contribution in [0.15, 0.2) is 25.3 Å². The number of rotatable bonds is 14. The zero-order chi connectivity index (χ0) is 29.1. The van der Waals surface area contributed by atoms with Crippen molar-refractivity contribution in [2.75, 3.05) is 59.2 Å². The lowest BCUT2D eigenvalue weighted by Crippen LogP contribution is -2.60. The second-order valence-electron chi connectivity index (χ2n) is 11.9. The van der Waals surface area contributed by atoms with Crippen LogP contribution in [0.5, 0.6) is 0 Å². The molecule has 1 N–H and O–H groups in total. The molecule has 1 spiro atoms. The van der Waals surface area contributed by atoms with Gasteiger partial charge in [0, 0.05) is 32.7 Å². The Morgan fingerprint density at radius 3 is 2.60 bits per heavy atom. The maximum Gasteiger partial charge on any atom is 0.312 e. The molecule has 4 aliphatic rings. The van der Waals surface area contributed by atoms with Gasteiger partial charge in [0.05, 0.1) is 44.0 Å². The van der Waals surface area contributed by atoms with Gasteiger partial charge in [-0.15, -0.1) is 13.2 Å². The number of likely N-dealkylation sites (tertiary alicyclic amines) is 1. The number of hydrogen-bond acceptors (Lipinski definition) is 8. The van der Waals surface area contributed by atoms with Crippen molar-refractivity contribution in [3.05, 3.63) is 25.3 Å². The van der Waals surface area contributed by atoms with Crippen molar-refractivity contribution in [1.82, 2.24) is 14.7 Å². The minimum atomic E-state index is -1.16. The second-order valence-corrected chi connectivity index (χ2v) is 11.9. The topological polar surface area (TPSA) is 109 Å². The van der Waals surface area contributed by atoms with Crippen molar-refractivity contribution in [2.45, 2.75) is 69.7 Å². The molecule has 2 bridgehead atoms. The summed E-state index contributed by atoms with van der Waals surface area (Å²) in [7, 11) is 0. The highest BCUT2D eigenvalue weighted by atomic mass is 16.6. The number of amides is 2. The van der Waals surface area contributed by atoms with E-state index in [4.69, 9.17) is 14.2 Å². The molecule has 0 aromatic rings. The molecule has 4 saturated heterocycles. The molecule has 224 valence electrons. The SMILES string of the molecule is C=CCCOC(=O)[C@@H]1[C@H]2C(=O)N([C@@H](CO)[C@@H](C)CC)C(C(=O)N(CC=C)CCN3CCOCC3)C23CC[C@@]1(C)O3. The molecule has 4 rings (SSSR count). The van der Waals surface area contributed by atoms with Crippen LogP contribution in [-0.4, -0.2) is 120 Å². The van der Waals surface area contributed by atoms with E-state index < -0.39 is 41.1 Å². The van der Waals surface area contributed by atoms with Crippen molar-refractivity contribution in [1.29, 1.82) is 0 Å². The Kier molecular flexibility index (Phi) is 9.75. The monoisotopic (exact) mass is 561 g/mol. The van der Waals surface area contributed by atoms with Gasteiger partial charge in [-0.05, 0) is 32.1 Å². The van der Waals surface area contributed by atoms with Crippen molar-refractivity contribution in [3.63, 3.8) is 0 Å². The Morgan fingerprint density at radius 1 is 1.25 bits per heavy atom. The highest BCUT2D eigenvalue weighted by Gasteiger charge is 2.79. The minimum Gasteiger partial charge on any atom is -0.465 e. The molecule has 4 fully saturated rings. The predicted octanol–water partition coefficient (Wildman–Crippen LogP) is 1.62. The molecule has 0 radical (unpaired) electrons. The van der Waals surface area contributed by atoms with Crippen LogP contribution in [0.3, 0.4) is 0 Å². The van der Waals surface area contributed by atoms with Gasteiger partial charge < -0.3 is 29.1 Å². The molecule has 7 atom stereocenters. The van der Waals surface area contributed by atoms with Gasteiger partial charge in [0.25, 0.3) is 0 Å². The van der Waals surface area contributed by atoms with Gasteiger partial charge in [-0.2, -0.15) is 0 Å². The fourth-order valence-electron chi connectivity index (χ4n) is 7.21. The molecule has 2 unspecified atom stereocenters. The third kappa shape index (κ3) is 5.35. The third-order valence-corrected chi connectivity index (χ3v) is 9.56. The van der Waals surface area contributed by atoms with Crippen LogP contribution in [0.4, 0.5) is 0 Å². The maximum absolute atomic E-state index is 14.6. The van der Waals surface area contributed by atoms with E-state index >= 15 is 0 Å². The first kappa shape index (κ1) is 30.7. The van der Waals surface area contributed by atoms with E-state index in [-0.39, 0.29) is 30.9 Å². The van der Waals surface area contributed by atoms with Crippen molar-refractivity contribution in [2.24, 2.45) is 17.8 Å². The van der Waals surface area contributed by atoms with E-state index in [1.165, 1.54) is 0 Å². The van der Waals surface area contributed by atoms with Crippen LogP contribution in [0.2, 0.25) is 0 Å². The molecule has 4 heterocycles. The van der Waals surface area contributed by atoms with Gasteiger partial charge in [0.15, 0.2) is 0 Å². The van der Waals surface area contributed by atoms with Gasteiger partial charge in [0.2, 0.25) is 11.8 Å². The summed E-state index contributed by atoms with van der Waals surface area (Å²) in [5, 5.41) is 10.5. The molecule has 40 heavy (non-hydrogen) atoms. The standard InChI is InChI=1S/C30H47N3O7/c1-6-9-17-39-28(37)24-23-26(35)33(22(20-34)21(4)8-3)25(30(23)11-10-29(24,5)40-30)27(36)32(12-7-2)14-13-31-15-18-38-19-16-31/h6-7,21-25,34H,1-2,8-20H2,3-5H3/t21-,22-,23-,24-,25?,29+,30?/m0/s1. The highest BCUT2D eigenvalue weighted by molar-refractivity contribution is 5.98. The molecule has 10 nitrogen and oxygen atoms in total. The molecular weight excluding hydrogens is 514 g/mol. The average molecular weight is 562 g/mol. The molecule has 0 saturated carbocycles. The zero-order valence-electron chi connectivity index (χ0n) is 24.4. The van der Waals surface area contributed by atoms with Crippen LogP contribution >= 0.6 is 0 Å². The molecule has 2 amide bonds. The number of esters is 1. The van der Waals surface area contributed by atoms with Crippen molar-refractivity contribution >= 4 is 17.8 Å². The summed E-state index contributed by atoms with van der Waals surface area (Å²) in [6.45, 7) is 17.7. The zero-order valence-corrected chi connectivity index (χ0v) is 24.4. The van der Waals surface area contributed by atoms with Gasteiger partial charge in [-0.25, -0.2) is 0 Å². The first-order valence-corrected chi connectivity index (χ1v) is 14.8. The van der Waals surface area contributed by atoms with E-state index in [0.29, 0.717) is 58.5 Å². The number of aliphatic hydroxyl groups excluding tert-OH is 1. The Morgan fingerprint density at radius 2 is 1.98 bits per heavy atom. The summed E-state index contributed by atoms with van der Waals surface area (Å²) in [4.78, 5) is 48.0. The summed E-state index contributed by atoms with van der Waals surface area (Å²) < 4.78 is 17.8. The number of nitrogens with zero attached hydrogens (tertiary/aromatic N) is 3. The quantitative estimate of drug-likeness (QED) is 0.194. The van der Waals surface area contributed by atoms with E-state index in [9.17, 15) is 19.5 Å². The number of fused-ring (bicyclic) bond motifs is 1. The molecule has 10 heteroatoms. The lowest BCUT2D eigenvalue weighted by Gasteiger charge is -2.41. The van der Waals surface area contributed by atoms with Gasteiger partial charge in [0.1, 0.15) is 17.6 Å². The Bertz CT molecular complexity index is 969. The Labute approximate surface area is 238 Å². The molecule has 0 aromatic carbocycles. The van der Waals surface area contributed by atoms with Crippen LogP contribution in [0.25, 0.3) is 0 Å². The van der Waals surface area contributed by atoms with E-state index in [2.05, 4.69) is 18.1 Å². The van der Waals surface area contributed by atoms with E-state index in [0.717, 1.165) is 13.1 Å². The maximum atomic E-state index is 14.6. The number of carbonyl (C=O) groups is 3. The van der Waals surface area contributed by atoms with Crippen LogP contribution in [-0.2, 0) is 28.6 Å². The first-order chi connectivity index (χ1) is 19.2. The normalized spacial score (nSPS) is 33.0. The number of morpholine rings is 1. The van der Waals surface area contributed by atoms with E-state index in [1.54, 1.807) is 22.0 Å². The van der Waals surface area contributed by atoms with Crippen LogP contribution < -0.4 is 0 Å². The number of carbonyl (C=O) groups excluding carboxylic acids is 3. The summed E-state index contributed by atoms with van der Waals surface area (Å²) >= 11 is 0. The average Bonchev–Trinajstić information content (AvgIpc) is 3.52. The lowest BCUT2D eigenvalue weighted by molar-refractivity contribution is -0.162. The Hall–Kier alpha value is -2.27. The second kappa shape index (κ2) is 12.7. The molecule has 0 aliphatic carbocycles. The number of ether oxygens (including phenoxy) is 3. The fraction of sp³-hybridized carbons (Fsp3) is 0.767. The summed E-state index contributed by atoms with van der Waals surface area (Å²) in [6.07, 6.45) is 5.61. The minimum absolute atomic E-state index is 0.0635. The summed E-state index contributed by atoms with van der Waals surface area (Å²) in [5.74, 6) is -2.74. The number of hydrogen-bond donors (Lipinski definition) is 1. The predicted molar refractivity (Wildman–Crippen MR) is 149 cm³/mol. The summed E-state index contributed by atoms with van der Waals surface area (Å²) in [6, 6.07) is -1.53. The van der Waals surface area contributed by atoms with Gasteiger partial charge in [-0.1, -0.05) is 32.4 Å². The number of aliphatic hydroxyl groups is 1. The van der Waals surface area contributed by atoms with Crippen LogP contribution in [0.1, 0.15) is 46.5 Å². The van der Waals surface area contributed by atoms with Crippen molar-refractivity contribution < 1.29 is 33.7 Å².